The first-order chi connectivity index (χ1) is 19.3. The van der Waals surface area contributed by atoms with Gasteiger partial charge in [0.05, 0.1) is 0 Å². The van der Waals surface area contributed by atoms with Crippen molar-refractivity contribution in [2.24, 2.45) is 5.41 Å². The van der Waals surface area contributed by atoms with E-state index >= 15 is 0 Å². The molecule has 0 bridgehead atoms. The smallest absolute Gasteiger partial charge is 0.147 e. The van der Waals surface area contributed by atoms with Gasteiger partial charge in [-0.1, -0.05) is 33.1 Å². The van der Waals surface area contributed by atoms with Gasteiger partial charge in [0, 0.05) is 0 Å². The normalized spacial score (nSPS) is 15.4. The minimum Gasteiger partial charge on any atom is -0.147 e. The number of allylic oxidation sites excluding steroid dienone is 4. The third-order valence-corrected chi connectivity index (χ3v) is 10.6. The van der Waals surface area contributed by atoms with Crippen LogP contribution >= 0.6 is 24.8 Å². The predicted molar refractivity (Wildman–Crippen MR) is 192 cm³/mol. The van der Waals surface area contributed by atoms with Gasteiger partial charge in [0.2, 0.25) is 0 Å². The molecule has 0 N–H and O–H groups in total. The maximum atomic E-state index is 3.44. The summed E-state index contributed by atoms with van der Waals surface area (Å²) in [6.07, 6.45) is 3.44. The summed E-state index contributed by atoms with van der Waals surface area (Å²) in [6.45, 7) is 26.4. The number of hydrogen-bond acceptors (Lipinski definition) is 2. The van der Waals surface area contributed by atoms with Crippen LogP contribution < -0.4 is 9.80 Å². The molecule has 5 heteroatoms. The van der Waals surface area contributed by atoms with Crippen molar-refractivity contribution in [3.63, 3.8) is 0 Å². The second-order valence-corrected chi connectivity index (χ2v) is 14.1. The Hall–Kier alpha value is -2.32. The molecule has 1 fully saturated rings. The maximum Gasteiger partial charge on any atom is -0.147 e. The molecule has 1 saturated heterocycles. The van der Waals surface area contributed by atoms with Crippen LogP contribution in [0.3, 0.4) is 0 Å². The Bertz CT molecular complexity index is 1480. The zero-order valence-corrected chi connectivity index (χ0v) is 31.1. The molecule has 0 atom stereocenters. The van der Waals surface area contributed by atoms with E-state index in [1.54, 1.807) is 0 Å². The molecule has 0 radical (unpaired) electrons. The molecule has 1 aliphatic heterocycles. The van der Waals surface area contributed by atoms with Gasteiger partial charge in [0.15, 0.2) is 0 Å². The zero-order chi connectivity index (χ0) is 30.1. The Morgan fingerprint density at radius 2 is 1.09 bits per heavy atom. The Morgan fingerprint density at radius 1 is 0.674 bits per heavy atom. The fourth-order valence-electron chi connectivity index (χ4n) is 6.27. The van der Waals surface area contributed by atoms with Gasteiger partial charge in [-0.15, -0.1) is 31.7 Å². The standard InChI is InChI=1S/C21H26N2.C10H15.C7H6.2ClH.Ru/c1-14-9-16(3)20(17(4)10-14)22-7-8-23(13-22)21-18(5)11-15(2)12-19(21)6;1-7-6-10(4,5)9(3)8(7)2;1-7-5-3-2-4-6-7;;;/h9-12H,7-8H2,1-6H3;1-5H3;1-6H;2*1H;/q;-1;;;;. The molecule has 5 rings (SSSR count). The first kappa shape index (κ1) is 36.9. The molecule has 0 unspecified atom stereocenters. The summed E-state index contributed by atoms with van der Waals surface area (Å²) in [5.74, 6) is 0. The van der Waals surface area contributed by atoms with Gasteiger partial charge in [-0.2, -0.15) is 11.1 Å². The summed E-state index contributed by atoms with van der Waals surface area (Å²) in [5.41, 5.74) is 16.6. The largest absolute Gasteiger partial charge is 0.147 e. The van der Waals surface area contributed by atoms with Gasteiger partial charge in [-0.05, 0) is 0 Å². The van der Waals surface area contributed by atoms with Crippen LogP contribution in [0.2, 0.25) is 0 Å². The molecule has 1 heterocycles. The summed E-state index contributed by atoms with van der Waals surface area (Å²) >= 11 is -0.0911. The number of anilines is 2. The van der Waals surface area contributed by atoms with E-state index in [0.29, 0.717) is 0 Å². The molecule has 3 aromatic rings. The van der Waals surface area contributed by atoms with Crippen molar-refractivity contribution in [2.45, 2.75) is 76.2 Å². The van der Waals surface area contributed by atoms with Gasteiger partial charge >= 0.3 is 195 Å². The zero-order valence-electron chi connectivity index (χ0n) is 27.8. The minimum absolute atomic E-state index is 0. The third kappa shape index (κ3) is 8.24. The fraction of sp³-hybridized carbons (Fsp3) is 0.368. The minimum atomic E-state index is -0.0911. The summed E-state index contributed by atoms with van der Waals surface area (Å²) in [7, 11) is 0. The Morgan fingerprint density at radius 3 is 1.42 bits per heavy atom. The van der Waals surface area contributed by atoms with Crippen molar-refractivity contribution in [3.8, 4) is 0 Å². The second kappa shape index (κ2) is 15.1. The summed E-state index contributed by atoms with van der Waals surface area (Å²) in [4.78, 5) is 5.20. The molecule has 1 aliphatic carbocycles. The number of hydrogen-bond donors (Lipinski definition) is 0. The third-order valence-electron chi connectivity index (χ3n) is 8.41. The molecule has 3 aromatic carbocycles. The molecule has 43 heavy (non-hydrogen) atoms. The van der Waals surface area contributed by atoms with Crippen molar-refractivity contribution in [2.75, 3.05) is 22.9 Å². The molecule has 0 spiro atoms. The quantitative estimate of drug-likeness (QED) is 0.198. The topological polar surface area (TPSA) is 6.48 Å². The summed E-state index contributed by atoms with van der Waals surface area (Å²) in [5, 5.41) is 0. The Kier molecular flexibility index (Phi) is 13.0. The van der Waals surface area contributed by atoms with Crippen LogP contribution in [0.1, 0.15) is 73.6 Å². The number of aryl methyl sites for hydroxylation is 6. The van der Waals surface area contributed by atoms with E-state index in [-0.39, 0.29) is 46.5 Å². The van der Waals surface area contributed by atoms with Crippen LogP contribution in [0.25, 0.3) is 0 Å². The molecule has 2 nitrogen and oxygen atoms in total. The van der Waals surface area contributed by atoms with E-state index < -0.39 is 0 Å². The average molecular weight is 706 g/mol. The van der Waals surface area contributed by atoms with E-state index in [2.05, 4.69) is 151 Å². The second-order valence-electron chi connectivity index (χ2n) is 12.3. The Labute approximate surface area is 280 Å². The average Bonchev–Trinajstić information content (AvgIpc) is 3.36. The number of rotatable bonds is 3. The first-order valence-electron chi connectivity index (χ1n) is 14.7. The van der Waals surface area contributed by atoms with Crippen LogP contribution in [-0.2, 0) is 16.2 Å². The molecule has 0 aromatic heterocycles. The number of nitrogens with zero attached hydrogens (tertiary/aromatic N) is 2. The molecular weight excluding hydrogens is 656 g/mol. The van der Waals surface area contributed by atoms with Crippen LogP contribution in [0, 0.1) is 53.0 Å². The van der Waals surface area contributed by atoms with Crippen LogP contribution in [0.15, 0.2) is 71.3 Å². The van der Waals surface area contributed by atoms with E-state index in [4.69, 9.17) is 0 Å². The molecular formula is C38H49Cl2N2Ru-. The molecule has 2 aliphatic rings. The summed E-state index contributed by atoms with van der Waals surface area (Å²) < 4.78 is 3.91. The summed E-state index contributed by atoms with van der Waals surface area (Å²) in [6, 6.07) is 20.1. The van der Waals surface area contributed by atoms with Gasteiger partial charge in [-0.3, -0.25) is 6.08 Å². The monoisotopic (exact) mass is 705 g/mol. The molecule has 0 saturated carbocycles. The SMILES string of the molecule is CC1=[C-]C(C)(C)C(C)=C1C.Cc1cc(C)c(N2CCN(c3c(C)cc(C)cc3C)[C]2=[Ru]=[CH]c2ccccc2)c(C)c1.Cl.Cl. The molecule has 234 valence electrons. The van der Waals surface area contributed by atoms with E-state index in [9.17, 15) is 0 Å². The molecule has 0 amide bonds. The van der Waals surface area contributed by atoms with Crippen molar-refractivity contribution in [1.82, 2.24) is 0 Å². The van der Waals surface area contributed by atoms with Gasteiger partial charge < -0.3 is 0 Å². The maximum absolute atomic E-state index is 3.44. The van der Waals surface area contributed by atoms with Crippen LogP contribution in [0.5, 0.6) is 0 Å². The Balaban J connectivity index is 0.000000460. The van der Waals surface area contributed by atoms with Crippen molar-refractivity contribution in [3.05, 3.63) is 116 Å². The van der Waals surface area contributed by atoms with Crippen LogP contribution in [-0.4, -0.2) is 22.1 Å². The van der Waals surface area contributed by atoms with Crippen molar-refractivity contribution in [1.29, 1.82) is 0 Å². The predicted octanol–water partition coefficient (Wildman–Crippen LogP) is 9.84. The van der Waals surface area contributed by atoms with Gasteiger partial charge in [-0.25, -0.2) is 5.57 Å². The van der Waals surface area contributed by atoms with Crippen LogP contribution in [0.4, 0.5) is 11.4 Å². The van der Waals surface area contributed by atoms with E-state index in [0.717, 1.165) is 13.1 Å². The van der Waals surface area contributed by atoms with E-state index in [1.165, 1.54) is 71.4 Å². The van der Waals surface area contributed by atoms with Crippen molar-refractivity contribution >= 4 is 45.2 Å². The van der Waals surface area contributed by atoms with Crippen molar-refractivity contribution < 1.29 is 16.2 Å². The van der Waals surface area contributed by atoms with E-state index in [1.807, 2.05) is 0 Å². The van der Waals surface area contributed by atoms with Gasteiger partial charge in [0.1, 0.15) is 0 Å². The fourth-order valence-corrected chi connectivity index (χ4v) is 8.43. The number of benzene rings is 3. The van der Waals surface area contributed by atoms with Gasteiger partial charge in [0.25, 0.3) is 0 Å². The first-order valence-corrected chi connectivity index (χ1v) is 16.5. The number of halogens is 2.